The summed E-state index contributed by atoms with van der Waals surface area (Å²) < 4.78 is 7.50. The number of aliphatic hydroxyl groups excluding tert-OH is 1. The second-order valence-corrected chi connectivity index (χ2v) is 6.54. The minimum Gasteiger partial charge on any atom is -0.491 e. The van der Waals surface area contributed by atoms with E-state index in [0.29, 0.717) is 24.8 Å². The van der Waals surface area contributed by atoms with Gasteiger partial charge in [0.1, 0.15) is 18.5 Å². The standard InChI is InChI=1S/C19H24N4O2/c1-22-12-16(11-21-22)19-3-2-10-23(19)13-17(24)14-25-18-6-4-15(5-7-18)8-9-20/h4-7,11-12,17,19,24H,2-3,8,10,13-14H2,1H3/t17-,19+/m1/s1. The minimum absolute atomic E-state index is 0.258. The Labute approximate surface area is 148 Å². The van der Waals surface area contributed by atoms with Gasteiger partial charge in [-0.25, -0.2) is 0 Å². The highest BCUT2D eigenvalue weighted by Gasteiger charge is 2.28. The number of aromatic nitrogens is 2. The molecule has 1 fully saturated rings. The maximum Gasteiger partial charge on any atom is 0.119 e. The lowest BCUT2D eigenvalue weighted by molar-refractivity contribution is 0.0638. The zero-order valence-corrected chi connectivity index (χ0v) is 14.5. The van der Waals surface area contributed by atoms with Crippen molar-refractivity contribution in [1.82, 2.24) is 14.7 Å². The average molecular weight is 340 g/mol. The molecule has 0 spiro atoms. The van der Waals surface area contributed by atoms with Gasteiger partial charge in [0.25, 0.3) is 0 Å². The number of β-amino-alcohol motifs (C(OH)–C–C–N with tert-alkyl or cyclic N) is 1. The summed E-state index contributed by atoms with van der Waals surface area (Å²) in [6, 6.07) is 9.89. The van der Waals surface area contributed by atoms with Crippen LogP contribution in [0.4, 0.5) is 0 Å². The summed E-state index contributed by atoms with van der Waals surface area (Å²) in [5.41, 5.74) is 2.17. The summed E-state index contributed by atoms with van der Waals surface area (Å²) in [4.78, 5) is 2.31. The molecule has 132 valence electrons. The number of aryl methyl sites for hydroxylation is 1. The van der Waals surface area contributed by atoms with E-state index in [1.807, 2.05) is 42.2 Å². The molecule has 1 saturated heterocycles. The van der Waals surface area contributed by atoms with Crippen LogP contribution in [0.1, 0.15) is 30.0 Å². The van der Waals surface area contributed by atoms with Crippen LogP contribution in [0.2, 0.25) is 0 Å². The lowest BCUT2D eigenvalue weighted by Gasteiger charge is -2.26. The van der Waals surface area contributed by atoms with Gasteiger partial charge in [-0.15, -0.1) is 0 Å². The molecule has 1 aromatic heterocycles. The summed E-state index contributed by atoms with van der Waals surface area (Å²) in [6.07, 6.45) is 6.04. The number of rotatable bonds is 7. The second kappa shape index (κ2) is 8.15. The maximum atomic E-state index is 10.3. The Hall–Kier alpha value is -2.36. The molecular formula is C19H24N4O2. The van der Waals surface area contributed by atoms with Gasteiger partial charge in [-0.05, 0) is 37.1 Å². The van der Waals surface area contributed by atoms with Gasteiger partial charge in [-0.3, -0.25) is 9.58 Å². The molecule has 0 radical (unpaired) electrons. The third-order valence-electron chi connectivity index (χ3n) is 4.57. The summed E-state index contributed by atoms with van der Waals surface area (Å²) in [6.45, 7) is 1.83. The molecule has 6 nitrogen and oxygen atoms in total. The van der Waals surface area contributed by atoms with Gasteiger partial charge < -0.3 is 9.84 Å². The van der Waals surface area contributed by atoms with Crippen LogP contribution in [0, 0.1) is 11.3 Å². The third-order valence-corrected chi connectivity index (χ3v) is 4.57. The lowest BCUT2D eigenvalue weighted by atomic mass is 10.1. The Balaban J connectivity index is 1.50. The van der Waals surface area contributed by atoms with E-state index in [1.165, 1.54) is 5.56 Å². The fraction of sp³-hybridized carbons (Fsp3) is 0.474. The fourth-order valence-electron chi connectivity index (χ4n) is 3.35. The van der Waals surface area contributed by atoms with E-state index in [4.69, 9.17) is 10.00 Å². The van der Waals surface area contributed by atoms with Gasteiger partial charge in [-0.2, -0.15) is 10.4 Å². The van der Waals surface area contributed by atoms with Crippen molar-refractivity contribution in [2.24, 2.45) is 7.05 Å². The number of hydrogen-bond donors (Lipinski definition) is 1. The second-order valence-electron chi connectivity index (χ2n) is 6.54. The molecule has 0 amide bonds. The number of likely N-dealkylation sites (tertiary alicyclic amines) is 1. The van der Waals surface area contributed by atoms with Gasteiger partial charge in [0.15, 0.2) is 0 Å². The van der Waals surface area contributed by atoms with E-state index in [1.54, 1.807) is 0 Å². The molecule has 2 heterocycles. The topological polar surface area (TPSA) is 74.3 Å². The van der Waals surface area contributed by atoms with Crippen molar-refractivity contribution in [1.29, 1.82) is 5.26 Å². The highest BCUT2D eigenvalue weighted by atomic mass is 16.5. The van der Waals surface area contributed by atoms with Crippen LogP contribution in [-0.4, -0.2) is 45.6 Å². The van der Waals surface area contributed by atoms with Crippen molar-refractivity contribution < 1.29 is 9.84 Å². The molecule has 0 aliphatic carbocycles. The SMILES string of the molecule is Cn1cc([C@@H]2CCCN2C[C@@H](O)COc2ccc(CC#N)cc2)cn1. The van der Waals surface area contributed by atoms with E-state index in [-0.39, 0.29) is 6.61 Å². The molecule has 2 atom stereocenters. The maximum absolute atomic E-state index is 10.3. The summed E-state index contributed by atoms with van der Waals surface area (Å²) >= 11 is 0. The number of nitriles is 1. The number of hydrogen-bond acceptors (Lipinski definition) is 5. The van der Waals surface area contributed by atoms with Crippen molar-refractivity contribution in [3.05, 3.63) is 47.8 Å². The van der Waals surface area contributed by atoms with Gasteiger partial charge in [0.2, 0.25) is 0 Å². The van der Waals surface area contributed by atoms with Gasteiger partial charge in [0.05, 0.1) is 18.7 Å². The highest BCUT2D eigenvalue weighted by Crippen LogP contribution is 2.31. The van der Waals surface area contributed by atoms with Crippen molar-refractivity contribution in [2.45, 2.75) is 31.4 Å². The number of ether oxygens (including phenoxy) is 1. The minimum atomic E-state index is -0.545. The van der Waals surface area contributed by atoms with E-state index in [0.717, 1.165) is 24.9 Å². The Morgan fingerprint density at radius 1 is 1.40 bits per heavy atom. The largest absolute Gasteiger partial charge is 0.491 e. The van der Waals surface area contributed by atoms with Crippen molar-refractivity contribution in [3.63, 3.8) is 0 Å². The molecule has 25 heavy (non-hydrogen) atoms. The number of nitrogens with zero attached hydrogens (tertiary/aromatic N) is 4. The smallest absolute Gasteiger partial charge is 0.119 e. The molecule has 0 saturated carbocycles. The Kier molecular flexibility index (Phi) is 5.69. The summed E-state index contributed by atoms with van der Waals surface area (Å²) in [7, 11) is 1.92. The zero-order chi connectivity index (χ0) is 17.6. The molecule has 6 heteroatoms. The zero-order valence-electron chi connectivity index (χ0n) is 14.5. The fourth-order valence-corrected chi connectivity index (χ4v) is 3.35. The van der Waals surface area contributed by atoms with Crippen molar-refractivity contribution >= 4 is 0 Å². The molecular weight excluding hydrogens is 316 g/mol. The number of benzene rings is 1. The van der Waals surface area contributed by atoms with Crippen LogP contribution in [0.15, 0.2) is 36.7 Å². The Morgan fingerprint density at radius 2 is 2.20 bits per heavy atom. The van der Waals surface area contributed by atoms with E-state index < -0.39 is 6.10 Å². The third kappa shape index (κ3) is 4.59. The molecule has 0 bridgehead atoms. The molecule has 1 aliphatic rings. The lowest BCUT2D eigenvalue weighted by Crippen LogP contribution is -2.35. The van der Waals surface area contributed by atoms with E-state index in [2.05, 4.69) is 22.3 Å². The molecule has 1 N–H and O–H groups in total. The first-order valence-corrected chi connectivity index (χ1v) is 8.65. The van der Waals surface area contributed by atoms with Gasteiger partial charge >= 0.3 is 0 Å². The van der Waals surface area contributed by atoms with Crippen LogP contribution in [0.3, 0.4) is 0 Å². The van der Waals surface area contributed by atoms with Crippen LogP contribution < -0.4 is 4.74 Å². The Bertz CT molecular complexity index is 720. The van der Waals surface area contributed by atoms with Crippen molar-refractivity contribution in [3.8, 4) is 11.8 Å². The van der Waals surface area contributed by atoms with Crippen LogP contribution in [0.5, 0.6) is 5.75 Å². The molecule has 0 unspecified atom stereocenters. The quantitative estimate of drug-likeness (QED) is 0.835. The van der Waals surface area contributed by atoms with E-state index >= 15 is 0 Å². The first-order valence-electron chi connectivity index (χ1n) is 8.65. The molecule has 1 aliphatic heterocycles. The van der Waals surface area contributed by atoms with Crippen LogP contribution in [-0.2, 0) is 13.5 Å². The van der Waals surface area contributed by atoms with E-state index in [9.17, 15) is 5.11 Å². The predicted octanol–water partition coefficient (Wildman–Crippen LogP) is 2.06. The molecule has 1 aromatic carbocycles. The van der Waals surface area contributed by atoms with Gasteiger partial charge in [0, 0.05) is 31.4 Å². The normalized spacial score (nSPS) is 18.8. The first-order chi connectivity index (χ1) is 12.2. The van der Waals surface area contributed by atoms with Crippen LogP contribution in [0.25, 0.3) is 0 Å². The molecule has 3 rings (SSSR count). The summed E-state index contributed by atoms with van der Waals surface area (Å²) in [5, 5.41) is 23.3. The van der Waals surface area contributed by atoms with Crippen molar-refractivity contribution in [2.75, 3.05) is 19.7 Å². The van der Waals surface area contributed by atoms with Crippen LogP contribution >= 0.6 is 0 Å². The Morgan fingerprint density at radius 3 is 2.88 bits per heavy atom. The van der Waals surface area contributed by atoms with Gasteiger partial charge in [-0.1, -0.05) is 12.1 Å². The monoisotopic (exact) mass is 340 g/mol. The average Bonchev–Trinajstić information content (AvgIpc) is 3.23. The summed E-state index contributed by atoms with van der Waals surface area (Å²) in [5.74, 6) is 0.714. The number of aliphatic hydroxyl groups is 1. The first kappa shape index (κ1) is 17.5. The molecule has 2 aromatic rings. The predicted molar refractivity (Wildman–Crippen MR) is 94.0 cm³/mol. The highest BCUT2D eigenvalue weighted by molar-refractivity contribution is 5.28.